The van der Waals surface area contributed by atoms with Gasteiger partial charge in [0.2, 0.25) is 0 Å². The lowest BCUT2D eigenvalue weighted by Gasteiger charge is -2.11. The molecule has 0 unspecified atom stereocenters. The monoisotopic (exact) mass is 402 g/mol. The Hall–Kier alpha value is 0.0900. The van der Waals surface area contributed by atoms with E-state index in [0.717, 1.165) is 0 Å². The Balaban J connectivity index is 2.08. The van der Waals surface area contributed by atoms with Crippen molar-refractivity contribution < 1.29 is 0 Å². The number of rotatable bonds is 0. The van der Waals surface area contributed by atoms with Gasteiger partial charge >= 0.3 is 0 Å². The Morgan fingerprint density at radius 2 is 1.83 bits per heavy atom. The highest BCUT2D eigenvalue weighted by atomic mass is 127. The summed E-state index contributed by atoms with van der Waals surface area (Å²) in [6.45, 7) is 4.50. The van der Waals surface area contributed by atoms with E-state index in [-0.39, 0.29) is 0 Å². The van der Waals surface area contributed by atoms with Gasteiger partial charge in [0.15, 0.2) is 0 Å². The fraction of sp³-hybridized carbons (Fsp3) is 0.286. The van der Waals surface area contributed by atoms with Gasteiger partial charge in [0.1, 0.15) is 0 Å². The Morgan fingerprint density at radius 3 is 2.67 bits per heavy atom. The molecule has 0 saturated carbocycles. The molecule has 0 aromatic carbocycles. The number of halogens is 1. The highest BCUT2D eigenvalue weighted by molar-refractivity contribution is 14.1. The molecule has 1 aliphatic rings. The number of hydrogen-bond donors (Lipinski definition) is 0. The number of thiophene rings is 3. The molecule has 0 saturated heterocycles. The van der Waals surface area contributed by atoms with E-state index in [1.807, 2.05) is 34.0 Å². The van der Waals surface area contributed by atoms with Gasteiger partial charge in [0, 0.05) is 14.6 Å². The van der Waals surface area contributed by atoms with Crippen LogP contribution in [-0.4, -0.2) is 0 Å². The van der Waals surface area contributed by atoms with E-state index in [1.165, 1.54) is 30.9 Å². The minimum Gasteiger partial charge on any atom is -0.139 e. The van der Waals surface area contributed by atoms with Crippen molar-refractivity contribution in [1.29, 1.82) is 0 Å². The molecule has 0 spiro atoms. The summed E-state index contributed by atoms with van der Waals surface area (Å²) >= 11 is 8.46. The maximum atomic E-state index is 2.48. The molecule has 0 radical (unpaired) electrons. The number of fused-ring (bicyclic) bond motifs is 5. The zero-order valence-electron chi connectivity index (χ0n) is 10.1. The molecule has 92 valence electrons. The first-order valence-electron chi connectivity index (χ1n) is 5.95. The van der Waals surface area contributed by atoms with Gasteiger partial charge in [-0.05, 0) is 72.0 Å². The van der Waals surface area contributed by atoms with E-state index in [0.29, 0.717) is 0 Å². The van der Waals surface area contributed by atoms with Crippen LogP contribution < -0.4 is 0 Å². The van der Waals surface area contributed by atoms with Crippen LogP contribution in [0.1, 0.15) is 21.6 Å². The predicted molar refractivity (Wildman–Crippen MR) is 92.6 cm³/mol. The zero-order chi connectivity index (χ0) is 12.4. The number of hydrogen-bond acceptors (Lipinski definition) is 3. The van der Waals surface area contributed by atoms with Crippen LogP contribution >= 0.6 is 56.6 Å². The van der Waals surface area contributed by atoms with Gasteiger partial charge in [-0.3, -0.25) is 0 Å². The van der Waals surface area contributed by atoms with E-state index >= 15 is 0 Å². The summed E-state index contributed by atoms with van der Waals surface area (Å²) in [5.74, 6) is 0. The Kier molecular flexibility index (Phi) is 2.67. The lowest BCUT2D eigenvalue weighted by Crippen LogP contribution is -1.97. The largest absolute Gasteiger partial charge is 0.139 e. The minimum absolute atomic E-state index is 1.23. The van der Waals surface area contributed by atoms with Crippen molar-refractivity contribution in [2.75, 3.05) is 0 Å². The first kappa shape index (κ1) is 11.9. The molecule has 4 heteroatoms. The molecule has 1 aliphatic carbocycles. The van der Waals surface area contributed by atoms with Gasteiger partial charge in [0.25, 0.3) is 0 Å². The van der Waals surface area contributed by atoms with Gasteiger partial charge in [-0.15, -0.1) is 34.0 Å². The van der Waals surface area contributed by atoms with E-state index in [9.17, 15) is 0 Å². The molecular formula is C14H11IS3. The van der Waals surface area contributed by atoms with Crippen molar-refractivity contribution in [3.8, 4) is 9.75 Å². The van der Waals surface area contributed by atoms with E-state index in [1.54, 1.807) is 25.6 Å². The van der Waals surface area contributed by atoms with Crippen molar-refractivity contribution in [1.82, 2.24) is 0 Å². The molecule has 0 bridgehead atoms. The third-order valence-electron chi connectivity index (χ3n) is 3.57. The molecule has 0 fully saturated rings. The highest BCUT2D eigenvalue weighted by Gasteiger charge is 2.25. The lowest BCUT2D eigenvalue weighted by molar-refractivity contribution is 0.966. The molecular weight excluding hydrogens is 391 g/mol. The summed E-state index contributed by atoms with van der Waals surface area (Å²) in [6, 6.07) is 2.38. The van der Waals surface area contributed by atoms with E-state index in [2.05, 4.69) is 42.5 Å². The van der Waals surface area contributed by atoms with Crippen molar-refractivity contribution >= 4 is 66.0 Å². The molecule has 3 heterocycles. The van der Waals surface area contributed by atoms with Crippen LogP contribution in [0.3, 0.4) is 0 Å². The molecule has 4 rings (SSSR count). The molecule has 0 amide bonds. The SMILES string of the molecule is Cc1cc2c(s1)-c1sc3c(C)c(I)sc3c1CC2. The van der Waals surface area contributed by atoms with Gasteiger partial charge in [-0.25, -0.2) is 0 Å². The van der Waals surface area contributed by atoms with Crippen LogP contribution in [-0.2, 0) is 12.8 Å². The summed E-state index contributed by atoms with van der Waals surface area (Å²) in [5, 5.41) is 0. The van der Waals surface area contributed by atoms with Crippen molar-refractivity contribution in [3.05, 3.63) is 30.5 Å². The van der Waals surface area contributed by atoms with Crippen LogP contribution in [0.25, 0.3) is 19.2 Å². The summed E-state index contributed by atoms with van der Waals surface area (Å²) in [4.78, 5) is 4.57. The van der Waals surface area contributed by atoms with Gasteiger partial charge < -0.3 is 0 Å². The summed E-state index contributed by atoms with van der Waals surface area (Å²) in [7, 11) is 0. The fourth-order valence-corrected chi connectivity index (χ4v) is 7.68. The molecule has 18 heavy (non-hydrogen) atoms. The normalized spacial score (nSPS) is 13.9. The van der Waals surface area contributed by atoms with Crippen LogP contribution in [0.5, 0.6) is 0 Å². The zero-order valence-corrected chi connectivity index (χ0v) is 14.7. The third-order valence-corrected chi connectivity index (χ3v) is 8.92. The minimum atomic E-state index is 1.23. The fourth-order valence-electron chi connectivity index (χ4n) is 2.68. The van der Waals surface area contributed by atoms with Crippen molar-refractivity contribution in [2.24, 2.45) is 0 Å². The molecule has 0 atom stereocenters. The van der Waals surface area contributed by atoms with Crippen molar-refractivity contribution in [2.45, 2.75) is 26.7 Å². The quantitative estimate of drug-likeness (QED) is 0.404. The van der Waals surface area contributed by atoms with Crippen molar-refractivity contribution in [3.63, 3.8) is 0 Å². The van der Waals surface area contributed by atoms with E-state index in [4.69, 9.17) is 0 Å². The number of aryl methyl sites for hydroxylation is 4. The maximum absolute atomic E-state index is 2.48. The smallest absolute Gasteiger partial charge is 0.0703 e. The molecule has 0 nitrogen and oxygen atoms in total. The van der Waals surface area contributed by atoms with Crippen LogP contribution in [0, 0.1) is 16.7 Å². The average molecular weight is 402 g/mol. The Labute approximate surface area is 132 Å². The molecule has 3 aromatic rings. The summed E-state index contributed by atoms with van der Waals surface area (Å²) in [5.41, 5.74) is 4.69. The maximum Gasteiger partial charge on any atom is 0.0703 e. The molecule has 3 aromatic heterocycles. The second-order valence-corrected chi connectivity index (χ2v) is 9.89. The summed E-state index contributed by atoms with van der Waals surface area (Å²) < 4.78 is 4.56. The third kappa shape index (κ3) is 1.52. The topological polar surface area (TPSA) is 0 Å². The predicted octanol–water partition coefficient (Wildman–Crippen LogP) is 6.01. The Morgan fingerprint density at radius 1 is 1.00 bits per heavy atom. The standard InChI is InChI=1S/C14H11IS3/c1-6-5-8-3-4-9-12-10(7(2)14(15)18-12)17-13(9)11(8)16-6/h5H,3-4H2,1-2H3. The van der Waals surface area contributed by atoms with Gasteiger partial charge in [0.05, 0.1) is 12.3 Å². The summed E-state index contributed by atoms with van der Waals surface area (Å²) in [6.07, 6.45) is 2.46. The van der Waals surface area contributed by atoms with Gasteiger partial charge in [-0.1, -0.05) is 0 Å². The first-order valence-corrected chi connectivity index (χ1v) is 9.48. The second-order valence-electron chi connectivity index (χ2n) is 4.78. The van der Waals surface area contributed by atoms with Crippen LogP contribution in [0.2, 0.25) is 0 Å². The average Bonchev–Trinajstić information content (AvgIpc) is 2.94. The second kappa shape index (κ2) is 4.04. The van der Waals surface area contributed by atoms with Crippen LogP contribution in [0.15, 0.2) is 6.07 Å². The molecule has 0 aliphatic heterocycles. The van der Waals surface area contributed by atoms with Crippen LogP contribution in [0.4, 0.5) is 0 Å². The Bertz CT molecular complexity index is 773. The molecule has 0 N–H and O–H groups in total. The van der Waals surface area contributed by atoms with E-state index < -0.39 is 0 Å². The highest BCUT2D eigenvalue weighted by Crippen LogP contribution is 2.50. The lowest BCUT2D eigenvalue weighted by atomic mass is 9.98. The first-order chi connectivity index (χ1) is 8.65. The van der Waals surface area contributed by atoms with Gasteiger partial charge in [-0.2, -0.15) is 0 Å².